The van der Waals surface area contributed by atoms with Gasteiger partial charge in [-0.3, -0.25) is 19.0 Å². The second-order valence-corrected chi connectivity index (χ2v) is 4.68. The van der Waals surface area contributed by atoms with Crippen molar-refractivity contribution in [1.82, 2.24) is 4.57 Å². The topological polar surface area (TPSA) is 76.4 Å². The summed E-state index contributed by atoms with van der Waals surface area (Å²) in [6.07, 6.45) is 0. The number of fused-ring (bicyclic) bond motifs is 3. The number of aliphatic carboxylic acids is 1. The number of carbonyl (C=O) groups is 1. The van der Waals surface area contributed by atoms with Gasteiger partial charge in [-0.15, -0.1) is 0 Å². The average molecular weight is 281 g/mol. The summed E-state index contributed by atoms with van der Waals surface area (Å²) >= 11 is 0. The Hall–Kier alpha value is -2.95. The second kappa shape index (κ2) is 4.86. The third-order valence-electron chi connectivity index (χ3n) is 3.39. The Morgan fingerprint density at radius 3 is 1.57 bits per heavy atom. The van der Waals surface area contributed by atoms with Crippen LogP contribution in [0.15, 0.2) is 58.1 Å². The van der Waals surface area contributed by atoms with Crippen molar-refractivity contribution in [2.45, 2.75) is 6.54 Å². The van der Waals surface area contributed by atoms with Crippen molar-refractivity contribution < 1.29 is 9.90 Å². The zero-order valence-corrected chi connectivity index (χ0v) is 10.9. The second-order valence-electron chi connectivity index (χ2n) is 4.68. The zero-order valence-electron chi connectivity index (χ0n) is 10.9. The summed E-state index contributed by atoms with van der Waals surface area (Å²) in [7, 11) is 0. The monoisotopic (exact) mass is 281 g/mol. The standard InChI is InChI=1S/C16H11NO4/c18-14(19)9-17-15(20)12-7-3-1-5-10(12)11-6-2-4-8-13(11)16(17)21/h1-8H,9H2,(H,18,19). The number of carboxylic acid groups (broad SMARTS) is 1. The van der Waals surface area contributed by atoms with Gasteiger partial charge in [-0.05, 0) is 22.9 Å². The van der Waals surface area contributed by atoms with E-state index in [4.69, 9.17) is 5.11 Å². The SMILES string of the molecule is O=C(O)Cn1c(=O)c2ccccc2c2ccccc2c1=O. The van der Waals surface area contributed by atoms with Crippen LogP contribution in [-0.2, 0) is 11.3 Å². The van der Waals surface area contributed by atoms with Crippen LogP contribution in [0.4, 0.5) is 0 Å². The summed E-state index contributed by atoms with van der Waals surface area (Å²) in [5, 5.41) is 10.9. The molecule has 1 N–H and O–H groups in total. The Morgan fingerprint density at radius 2 is 1.19 bits per heavy atom. The summed E-state index contributed by atoms with van der Waals surface area (Å²) in [5.74, 6) is -1.23. The quantitative estimate of drug-likeness (QED) is 0.774. The summed E-state index contributed by atoms with van der Waals surface area (Å²) < 4.78 is 0.771. The molecule has 0 radical (unpaired) electrons. The summed E-state index contributed by atoms with van der Waals surface area (Å²) in [4.78, 5) is 35.9. The van der Waals surface area contributed by atoms with Gasteiger partial charge >= 0.3 is 5.97 Å². The Balaban J connectivity index is 2.68. The Morgan fingerprint density at radius 1 is 0.810 bits per heavy atom. The maximum atomic E-state index is 12.5. The zero-order chi connectivity index (χ0) is 15.0. The van der Waals surface area contributed by atoms with Crippen LogP contribution in [0.1, 0.15) is 0 Å². The molecule has 5 nitrogen and oxygen atoms in total. The number of hydrogen-bond acceptors (Lipinski definition) is 3. The van der Waals surface area contributed by atoms with Crippen LogP contribution >= 0.6 is 0 Å². The third kappa shape index (κ3) is 2.08. The fraction of sp³-hybridized carbons (Fsp3) is 0.0625. The van der Waals surface area contributed by atoms with Crippen molar-refractivity contribution in [2.24, 2.45) is 0 Å². The molecule has 2 aromatic carbocycles. The molecular formula is C16H11NO4. The predicted molar refractivity (Wildman–Crippen MR) is 79.6 cm³/mol. The fourth-order valence-electron chi connectivity index (χ4n) is 2.47. The lowest BCUT2D eigenvalue weighted by Crippen LogP contribution is -2.33. The summed E-state index contributed by atoms with van der Waals surface area (Å²) in [6, 6.07) is 13.6. The molecule has 1 heterocycles. The van der Waals surface area contributed by atoms with Crippen molar-refractivity contribution in [1.29, 1.82) is 0 Å². The highest BCUT2D eigenvalue weighted by molar-refractivity contribution is 6.05. The van der Waals surface area contributed by atoms with Crippen LogP contribution < -0.4 is 11.1 Å². The lowest BCUT2D eigenvalue weighted by Gasteiger charge is -1.97. The van der Waals surface area contributed by atoms with Gasteiger partial charge in [-0.1, -0.05) is 36.4 Å². The van der Waals surface area contributed by atoms with Crippen molar-refractivity contribution in [3.63, 3.8) is 0 Å². The molecule has 0 spiro atoms. The molecule has 0 saturated carbocycles. The smallest absolute Gasteiger partial charge is 0.323 e. The van der Waals surface area contributed by atoms with Gasteiger partial charge in [0.15, 0.2) is 0 Å². The van der Waals surface area contributed by atoms with E-state index in [1.165, 1.54) is 0 Å². The third-order valence-corrected chi connectivity index (χ3v) is 3.39. The van der Waals surface area contributed by atoms with Crippen molar-refractivity contribution in [3.05, 3.63) is 69.2 Å². The lowest BCUT2D eigenvalue weighted by molar-refractivity contribution is -0.137. The first-order valence-corrected chi connectivity index (χ1v) is 6.36. The van der Waals surface area contributed by atoms with E-state index in [1.807, 2.05) is 0 Å². The number of rotatable bonds is 2. The Bertz CT molecular complexity index is 916. The molecule has 0 saturated heterocycles. The first-order valence-electron chi connectivity index (χ1n) is 6.36. The van der Waals surface area contributed by atoms with E-state index in [-0.39, 0.29) is 0 Å². The molecule has 0 aliphatic carbocycles. The molecule has 21 heavy (non-hydrogen) atoms. The van der Waals surface area contributed by atoms with Crippen LogP contribution in [0.25, 0.3) is 21.5 Å². The van der Waals surface area contributed by atoms with Gasteiger partial charge in [0.05, 0.1) is 0 Å². The molecule has 0 aliphatic rings. The Labute approximate surface area is 118 Å². The molecule has 3 rings (SSSR count). The average Bonchev–Trinajstić information content (AvgIpc) is 2.58. The van der Waals surface area contributed by atoms with E-state index in [1.54, 1.807) is 48.5 Å². The van der Waals surface area contributed by atoms with Gasteiger partial charge in [0.1, 0.15) is 6.54 Å². The molecule has 0 aliphatic heterocycles. The van der Waals surface area contributed by atoms with Gasteiger partial charge in [-0.25, -0.2) is 0 Å². The number of carboxylic acids is 1. The normalized spacial score (nSPS) is 10.9. The highest BCUT2D eigenvalue weighted by Crippen LogP contribution is 2.18. The van der Waals surface area contributed by atoms with Crippen LogP contribution in [-0.4, -0.2) is 15.6 Å². The summed E-state index contributed by atoms with van der Waals surface area (Å²) in [5.41, 5.74) is -1.18. The minimum atomic E-state index is -1.23. The fourth-order valence-corrected chi connectivity index (χ4v) is 2.47. The molecular weight excluding hydrogens is 270 g/mol. The van der Waals surface area contributed by atoms with Gasteiger partial charge in [0.25, 0.3) is 11.1 Å². The number of benzene rings is 2. The van der Waals surface area contributed by atoms with Crippen LogP contribution in [0, 0.1) is 0 Å². The highest BCUT2D eigenvalue weighted by Gasteiger charge is 2.12. The molecule has 0 amide bonds. The minimum Gasteiger partial charge on any atom is -0.480 e. The molecule has 0 fully saturated rings. The molecule has 0 atom stereocenters. The number of nitrogens with zero attached hydrogens (tertiary/aromatic N) is 1. The van der Waals surface area contributed by atoms with E-state index in [0.717, 1.165) is 4.57 Å². The van der Waals surface area contributed by atoms with Crippen molar-refractivity contribution in [2.75, 3.05) is 0 Å². The van der Waals surface area contributed by atoms with E-state index in [0.29, 0.717) is 21.5 Å². The van der Waals surface area contributed by atoms with Gasteiger partial charge in [-0.2, -0.15) is 0 Å². The van der Waals surface area contributed by atoms with Crippen molar-refractivity contribution in [3.8, 4) is 0 Å². The van der Waals surface area contributed by atoms with Gasteiger partial charge < -0.3 is 5.11 Å². The largest absolute Gasteiger partial charge is 0.480 e. The van der Waals surface area contributed by atoms with E-state index in [2.05, 4.69) is 0 Å². The van der Waals surface area contributed by atoms with E-state index < -0.39 is 23.6 Å². The maximum absolute atomic E-state index is 12.5. The maximum Gasteiger partial charge on any atom is 0.323 e. The highest BCUT2D eigenvalue weighted by atomic mass is 16.4. The molecule has 0 bridgehead atoms. The van der Waals surface area contributed by atoms with Crippen LogP contribution in [0.2, 0.25) is 0 Å². The minimum absolute atomic E-state index is 0.331. The molecule has 5 heteroatoms. The van der Waals surface area contributed by atoms with Gasteiger partial charge in [0, 0.05) is 10.8 Å². The predicted octanol–water partition coefficient (Wildman–Crippen LogP) is 1.60. The summed E-state index contributed by atoms with van der Waals surface area (Å²) in [6.45, 7) is -0.652. The molecule has 0 unspecified atom stereocenters. The van der Waals surface area contributed by atoms with E-state index in [9.17, 15) is 14.4 Å². The first-order chi connectivity index (χ1) is 10.1. The van der Waals surface area contributed by atoms with E-state index >= 15 is 0 Å². The van der Waals surface area contributed by atoms with Gasteiger partial charge in [0.2, 0.25) is 0 Å². The van der Waals surface area contributed by atoms with Crippen molar-refractivity contribution >= 4 is 27.5 Å². The molecule has 104 valence electrons. The number of hydrogen-bond donors (Lipinski definition) is 1. The molecule has 1 aromatic heterocycles. The Kier molecular flexibility index (Phi) is 3.02. The van der Waals surface area contributed by atoms with Crippen LogP contribution in [0.5, 0.6) is 0 Å². The lowest BCUT2D eigenvalue weighted by atomic mass is 10.1. The number of aromatic nitrogens is 1. The van der Waals surface area contributed by atoms with Crippen LogP contribution in [0.3, 0.4) is 0 Å². The molecule has 3 aromatic rings. The first kappa shape index (κ1) is 13.1.